The Bertz CT molecular complexity index is 1030. The largest absolute Gasteiger partial charge is 0.327 e. The quantitative estimate of drug-likeness (QED) is 0.631. The van der Waals surface area contributed by atoms with Crippen molar-refractivity contribution in [3.63, 3.8) is 0 Å². The van der Waals surface area contributed by atoms with Gasteiger partial charge in [0.1, 0.15) is 6.33 Å². The minimum absolute atomic E-state index is 0.229. The standard InChI is InChI=1S/C26H33N3/c1-25-15-14-20-18(11-10-17-6-5-9-23(27)26(17,20)2)19(25)12-13-24(25)29-16-28-21-7-3-4-8-22(21)29/h3-4,7-8,10,13,16,18-20,23H,5-6,9,11-12,14-15,27H2,1-2H3/t18-,19-,20-,23?,25-,26-/m0/s1. The van der Waals surface area contributed by atoms with Gasteiger partial charge in [-0.3, -0.25) is 0 Å². The van der Waals surface area contributed by atoms with Crippen LogP contribution in [-0.2, 0) is 0 Å². The number of benzene rings is 1. The molecule has 1 aromatic heterocycles. The SMILES string of the molecule is C[C@]12CC[C@H]3[C@@H](CC=C4CCCC(N)[C@@]43C)[C@@H]1CC=C2n1cnc2ccccc21. The number of hydrogen-bond acceptors (Lipinski definition) is 2. The Balaban J connectivity index is 1.38. The molecule has 4 aliphatic rings. The molecule has 0 amide bonds. The van der Waals surface area contributed by atoms with Gasteiger partial charge in [-0.05, 0) is 74.8 Å². The third kappa shape index (κ3) is 2.26. The molecule has 6 rings (SSSR count). The molecule has 2 N–H and O–H groups in total. The number of hydrogen-bond donors (Lipinski definition) is 1. The van der Waals surface area contributed by atoms with Crippen LogP contribution in [0.5, 0.6) is 0 Å². The van der Waals surface area contributed by atoms with E-state index in [9.17, 15) is 0 Å². The van der Waals surface area contributed by atoms with Gasteiger partial charge in [0.2, 0.25) is 0 Å². The van der Waals surface area contributed by atoms with E-state index in [1.54, 1.807) is 5.57 Å². The highest BCUT2D eigenvalue weighted by Crippen LogP contribution is 2.65. The summed E-state index contributed by atoms with van der Waals surface area (Å²) in [5, 5.41) is 0. The van der Waals surface area contributed by atoms with Crippen LogP contribution in [-0.4, -0.2) is 15.6 Å². The molecule has 0 bridgehead atoms. The average Bonchev–Trinajstić information content (AvgIpc) is 3.29. The van der Waals surface area contributed by atoms with Crippen molar-refractivity contribution in [1.29, 1.82) is 0 Å². The summed E-state index contributed by atoms with van der Waals surface area (Å²) in [4.78, 5) is 4.68. The summed E-state index contributed by atoms with van der Waals surface area (Å²) >= 11 is 0. The Morgan fingerprint density at radius 2 is 1.93 bits per heavy atom. The molecular formula is C26H33N3. The second-order valence-corrected chi connectivity index (χ2v) is 10.5. The van der Waals surface area contributed by atoms with E-state index in [1.807, 2.05) is 6.33 Å². The summed E-state index contributed by atoms with van der Waals surface area (Å²) in [5.74, 6) is 2.24. The van der Waals surface area contributed by atoms with Crippen molar-refractivity contribution in [1.82, 2.24) is 9.55 Å². The van der Waals surface area contributed by atoms with E-state index in [0.717, 1.165) is 23.3 Å². The van der Waals surface area contributed by atoms with Gasteiger partial charge in [-0.1, -0.05) is 43.7 Å². The lowest BCUT2D eigenvalue weighted by Crippen LogP contribution is -2.56. The lowest BCUT2D eigenvalue weighted by Gasteiger charge is -2.59. The van der Waals surface area contributed by atoms with Crippen LogP contribution in [0, 0.1) is 28.6 Å². The Labute approximate surface area is 174 Å². The van der Waals surface area contributed by atoms with Gasteiger partial charge in [-0.2, -0.15) is 0 Å². The zero-order valence-corrected chi connectivity index (χ0v) is 17.8. The Morgan fingerprint density at radius 3 is 2.83 bits per heavy atom. The van der Waals surface area contributed by atoms with Gasteiger partial charge in [-0.25, -0.2) is 4.98 Å². The van der Waals surface area contributed by atoms with Crippen molar-refractivity contribution in [2.75, 3.05) is 0 Å². The molecular weight excluding hydrogens is 354 g/mol. The van der Waals surface area contributed by atoms with Gasteiger partial charge in [0, 0.05) is 22.6 Å². The van der Waals surface area contributed by atoms with Gasteiger partial charge in [-0.15, -0.1) is 0 Å². The number of para-hydroxylation sites is 2. The molecule has 4 aliphatic carbocycles. The Kier molecular flexibility index (Phi) is 3.76. The highest BCUT2D eigenvalue weighted by atomic mass is 15.1. The van der Waals surface area contributed by atoms with E-state index in [0.29, 0.717) is 6.04 Å². The van der Waals surface area contributed by atoms with E-state index >= 15 is 0 Å². The Morgan fingerprint density at radius 1 is 1.07 bits per heavy atom. The number of rotatable bonds is 1. The monoisotopic (exact) mass is 387 g/mol. The van der Waals surface area contributed by atoms with Crippen molar-refractivity contribution in [3.8, 4) is 0 Å². The van der Waals surface area contributed by atoms with E-state index in [2.05, 4.69) is 59.8 Å². The van der Waals surface area contributed by atoms with Crippen LogP contribution < -0.4 is 5.73 Å². The molecule has 6 atom stereocenters. The normalized spacial score (nSPS) is 41.3. The molecule has 3 heteroatoms. The van der Waals surface area contributed by atoms with Crippen molar-refractivity contribution in [2.45, 2.75) is 64.8 Å². The van der Waals surface area contributed by atoms with Crippen LogP contribution >= 0.6 is 0 Å². The van der Waals surface area contributed by atoms with Crippen molar-refractivity contribution < 1.29 is 0 Å². The molecule has 2 aromatic rings. The highest BCUT2D eigenvalue weighted by molar-refractivity contribution is 5.80. The fourth-order valence-corrected chi connectivity index (χ4v) is 7.86. The second kappa shape index (κ2) is 6.07. The number of allylic oxidation sites excluding steroid dienone is 3. The number of aromatic nitrogens is 2. The zero-order chi connectivity index (χ0) is 19.8. The average molecular weight is 388 g/mol. The first-order chi connectivity index (χ1) is 14.0. The lowest BCUT2D eigenvalue weighted by atomic mass is 9.47. The van der Waals surface area contributed by atoms with Crippen LogP contribution in [0.1, 0.15) is 58.8 Å². The van der Waals surface area contributed by atoms with Crippen LogP contribution in [0.15, 0.2) is 48.3 Å². The topological polar surface area (TPSA) is 43.8 Å². The lowest BCUT2D eigenvalue weighted by molar-refractivity contribution is -0.0195. The van der Waals surface area contributed by atoms with Gasteiger partial charge >= 0.3 is 0 Å². The maximum atomic E-state index is 6.80. The third-order valence-corrected chi connectivity index (χ3v) is 9.52. The van der Waals surface area contributed by atoms with Crippen LogP contribution in [0.4, 0.5) is 0 Å². The number of fused-ring (bicyclic) bond motifs is 6. The van der Waals surface area contributed by atoms with Crippen LogP contribution in [0.3, 0.4) is 0 Å². The first-order valence-electron chi connectivity index (χ1n) is 11.6. The van der Waals surface area contributed by atoms with E-state index in [4.69, 9.17) is 5.73 Å². The number of imidazole rings is 1. The second-order valence-electron chi connectivity index (χ2n) is 10.5. The fraction of sp³-hybridized carbons (Fsp3) is 0.577. The van der Waals surface area contributed by atoms with Crippen molar-refractivity contribution in [3.05, 3.63) is 48.3 Å². The molecule has 1 aromatic carbocycles. The number of nitrogens with zero attached hydrogens (tertiary/aromatic N) is 2. The third-order valence-electron chi connectivity index (χ3n) is 9.52. The minimum atomic E-state index is 0.229. The van der Waals surface area contributed by atoms with Crippen molar-refractivity contribution >= 4 is 16.7 Å². The maximum Gasteiger partial charge on any atom is 0.100 e. The minimum Gasteiger partial charge on any atom is -0.327 e. The maximum absolute atomic E-state index is 6.80. The molecule has 3 nitrogen and oxygen atoms in total. The summed E-state index contributed by atoms with van der Waals surface area (Å²) in [6.07, 6.45) is 16.0. The zero-order valence-electron chi connectivity index (χ0n) is 17.8. The summed E-state index contributed by atoms with van der Waals surface area (Å²) < 4.78 is 2.38. The Hall–Kier alpha value is -1.87. The molecule has 2 fully saturated rings. The summed E-state index contributed by atoms with van der Waals surface area (Å²) in [5.41, 5.74) is 12.8. The van der Waals surface area contributed by atoms with Gasteiger partial charge < -0.3 is 10.3 Å². The molecule has 152 valence electrons. The summed E-state index contributed by atoms with van der Waals surface area (Å²) in [6, 6.07) is 8.88. The molecule has 0 spiro atoms. The molecule has 1 unspecified atom stereocenters. The van der Waals surface area contributed by atoms with E-state index < -0.39 is 0 Å². The fourth-order valence-electron chi connectivity index (χ4n) is 7.86. The first-order valence-corrected chi connectivity index (χ1v) is 11.6. The van der Waals surface area contributed by atoms with Crippen molar-refractivity contribution in [2.24, 2.45) is 34.3 Å². The first kappa shape index (κ1) is 17.9. The summed E-state index contributed by atoms with van der Waals surface area (Å²) in [6.45, 7) is 5.04. The predicted molar refractivity (Wildman–Crippen MR) is 119 cm³/mol. The molecule has 2 saturated carbocycles. The van der Waals surface area contributed by atoms with Crippen LogP contribution in [0.25, 0.3) is 16.7 Å². The van der Waals surface area contributed by atoms with Gasteiger partial charge in [0.25, 0.3) is 0 Å². The van der Waals surface area contributed by atoms with E-state index in [1.165, 1.54) is 56.2 Å². The molecule has 29 heavy (non-hydrogen) atoms. The molecule has 0 radical (unpaired) electrons. The summed E-state index contributed by atoms with van der Waals surface area (Å²) in [7, 11) is 0. The molecule has 0 aliphatic heterocycles. The predicted octanol–water partition coefficient (Wildman–Crippen LogP) is 5.78. The van der Waals surface area contributed by atoms with Crippen LogP contribution in [0.2, 0.25) is 0 Å². The van der Waals surface area contributed by atoms with Gasteiger partial charge in [0.15, 0.2) is 0 Å². The molecule has 1 heterocycles. The molecule has 0 saturated heterocycles. The van der Waals surface area contributed by atoms with E-state index in [-0.39, 0.29) is 10.8 Å². The smallest absolute Gasteiger partial charge is 0.100 e. The number of nitrogens with two attached hydrogens (primary N) is 1. The van der Waals surface area contributed by atoms with Gasteiger partial charge in [0.05, 0.1) is 11.0 Å². The highest BCUT2D eigenvalue weighted by Gasteiger charge is 2.58.